The molecule has 0 saturated heterocycles. The topological polar surface area (TPSA) is 109 Å². The van der Waals surface area contributed by atoms with Gasteiger partial charge in [-0.1, -0.05) is 12.8 Å². The molecule has 0 amide bonds. The average molecular weight is 284 g/mol. The maximum atomic E-state index is 11.2. The van der Waals surface area contributed by atoms with Gasteiger partial charge in [0.1, 0.15) is 0 Å². The summed E-state index contributed by atoms with van der Waals surface area (Å²) in [6, 6.07) is 3.83. The lowest BCUT2D eigenvalue weighted by Crippen LogP contribution is -2.14. The van der Waals surface area contributed by atoms with E-state index in [0.717, 1.165) is 18.4 Å². The highest BCUT2D eigenvalue weighted by atomic mass is 32.2. The van der Waals surface area contributed by atoms with Crippen molar-refractivity contribution in [2.45, 2.75) is 24.2 Å². The molecule has 0 bridgehead atoms. The van der Waals surface area contributed by atoms with Crippen LogP contribution in [0.4, 0.5) is 5.69 Å². The quantitative estimate of drug-likeness (QED) is 0.728. The molecule has 1 aromatic carbocycles. The summed E-state index contributed by atoms with van der Waals surface area (Å²) in [5, 5.41) is 17.1. The molecule has 1 aliphatic rings. The molecule has 0 heterocycles. The van der Waals surface area contributed by atoms with E-state index >= 15 is 0 Å². The van der Waals surface area contributed by atoms with Crippen molar-refractivity contribution in [1.29, 1.82) is 0 Å². The van der Waals surface area contributed by atoms with Crippen LogP contribution < -0.4 is 10.5 Å². The van der Waals surface area contributed by atoms with E-state index in [-0.39, 0.29) is 10.5 Å². The fraction of sp³-hybridized carbons (Fsp3) is 0.417. The van der Waals surface area contributed by atoms with Gasteiger partial charge in [-0.05, 0) is 30.5 Å². The molecule has 104 valence electrons. The highest BCUT2D eigenvalue weighted by molar-refractivity contribution is 7.89. The number of aromatic carboxylic acids is 1. The van der Waals surface area contributed by atoms with Crippen molar-refractivity contribution < 1.29 is 18.3 Å². The van der Waals surface area contributed by atoms with E-state index in [1.165, 1.54) is 25.0 Å². The Balaban J connectivity index is 2.19. The van der Waals surface area contributed by atoms with Gasteiger partial charge in [0.2, 0.25) is 10.0 Å². The van der Waals surface area contributed by atoms with Gasteiger partial charge in [-0.25, -0.2) is 18.4 Å². The minimum atomic E-state index is -3.89. The zero-order valence-corrected chi connectivity index (χ0v) is 11.1. The van der Waals surface area contributed by atoms with Crippen LogP contribution in [0.15, 0.2) is 23.1 Å². The molecule has 0 aromatic heterocycles. The zero-order valence-electron chi connectivity index (χ0n) is 10.3. The first-order valence-corrected chi connectivity index (χ1v) is 7.56. The van der Waals surface area contributed by atoms with Crippen molar-refractivity contribution in [2.75, 3.05) is 11.9 Å². The summed E-state index contributed by atoms with van der Waals surface area (Å²) in [6.07, 6.45) is 3.46. The molecule has 0 spiro atoms. The molecule has 6 nitrogen and oxygen atoms in total. The van der Waals surface area contributed by atoms with E-state index < -0.39 is 16.0 Å². The molecule has 2 rings (SSSR count). The number of anilines is 1. The number of rotatable bonds is 6. The van der Waals surface area contributed by atoms with Crippen LogP contribution in [-0.4, -0.2) is 26.0 Å². The highest BCUT2D eigenvalue weighted by Gasteiger charge is 2.21. The van der Waals surface area contributed by atoms with Gasteiger partial charge in [0.25, 0.3) is 0 Å². The number of carboxylic acid groups (broad SMARTS) is 1. The first-order chi connectivity index (χ1) is 8.88. The van der Waals surface area contributed by atoms with Gasteiger partial charge in [-0.15, -0.1) is 0 Å². The van der Waals surface area contributed by atoms with Crippen LogP contribution in [0.25, 0.3) is 0 Å². The SMILES string of the molecule is NS(=O)(=O)c1ccc(NCCC2CC2)c(C(=O)O)c1. The molecule has 0 radical (unpaired) electrons. The minimum absolute atomic E-state index is 0.0812. The van der Waals surface area contributed by atoms with Crippen LogP contribution in [0.2, 0.25) is 0 Å². The molecular formula is C12H16N2O4S. The van der Waals surface area contributed by atoms with E-state index in [4.69, 9.17) is 10.2 Å². The van der Waals surface area contributed by atoms with Crippen molar-refractivity contribution in [3.05, 3.63) is 23.8 Å². The Labute approximate surface area is 111 Å². The normalized spacial score (nSPS) is 15.2. The second kappa shape index (κ2) is 5.18. The summed E-state index contributed by atoms with van der Waals surface area (Å²) >= 11 is 0. The minimum Gasteiger partial charge on any atom is -0.478 e. The number of primary sulfonamides is 1. The average Bonchev–Trinajstić information content (AvgIpc) is 3.11. The number of sulfonamides is 1. The van der Waals surface area contributed by atoms with Crippen LogP contribution in [0.3, 0.4) is 0 Å². The van der Waals surface area contributed by atoms with Crippen molar-refractivity contribution in [2.24, 2.45) is 11.1 Å². The monoisotopic (exact) mass is 284 g/mol. The number of nitrogens with one attached hydrogen (secondary N) is 1. The van der Waals surface area contributed by atoms with Crippen LogP contribution in [0.5, 0.6) is 0 Å². The summed E-state index contributed by atoms with van der Waals surface area (Å²) in [5.41, 5.74) is 0.336. The molecular weight excluding hydrogens is 268 g/mol. The summed E-state index contributed by atoms with van der Waals surface area (Å²) in [7, 11) is -3.89. The van der Waals surface area contributed by atoms with Crippen LogP contribution in [0.1, 0.15) is 29.6 Å². The van der Waals surface area contributed by atoms with E-state index in [9.17, 15) is 13.2 Å². The number of hydrogen-bond acceptors (Lipinski definition) is 4. The van der Waals surface area contributed by atoms with Crippen LogP contribution in [-0.2, 0) is 10.0 Å². The predicted molar refractivity (Wildman–Crippen MR) is 70.6 cm³/mol. The third-order valence-electron chi connectivity index (χ3n) is 3.11. The van der Waals surface area contributed by atoms with Crippen molar-refractivity contribution >= 4 is 21.7 Å². The fourth-order valence-corrected chi connectivity index (χ4v) is 2.39. The van der Waals surface area contributed by atoms with Gasteiger partial charge in [-0.3, -0.25) is 0 Å². The molecule has 1 fully saturated rings. The molecule has 0 unspecified atom stereocenters. The summed E-state index contributed by atoms with van der Waals surface area (Å²) in [4.78, 5) is 10.9. The lowest BCUT2D eigenvalue weighted by Gasteiger charge is -2.10. The molecule has 1 aromatic rings. The van der Waals surface area contributed by atoms with Gasteiger partial charge in [0.15, 0.2) is 0 Å². The fourth-order valence-electron chi connectivity index (χ4n) is 1.85. The van der Waals surface area contributed by atoms with Gasteiger partial charge < -0.3 is 10.4 Å². The number of hydrogen-bond donors (Lipinski definition) is 3. The molecule has 19 heavy (non-hydrogen) atoms. The molecule has 0 atom stereocenters. The van der Waals surface area contributed by atoms with Gasteiger partial charge in [-0.2, -0.15) is 0 Å². The highest BCUT2D eigenvalue weighted by Crippen LogP contribution is 2.32. The second-order valence-corrected chi connectivity index (χ2v) is 6.28. The zero-order chi connectivity index (χ0) is 14.0. The molecule has 1 saturated carbocycles. The number of carbonyl (C=O) groups is 1. The Kier molecular flexibility index (Phi) is 3.77. The first kappa shape index (κ1) is 13.8. The Hall–Kier alpha value is -1.60. The lowest BCUT2D eigenvalue weighted by atomic mass is 10.1. The Bertz CT molecular complexity index is 594. The second-order valence-electron chi connectivity index (χ2n) is 4.72. The summed E-state index contributed by atoms with van der Waals surface area (Å²) < 4.78 is 22.4. The smallest absolute Gasteiger partial charge is 0.337 e. The summed E-state index contributed by atoms with van der Waals surface area (Å²) in [5.74, 6) is -0.441. The third kappa shape index (κ3) is 3.68. The van der Waals surface area contributed by atoms with E-state index in [1.54, 1.807) is 0 Å². The van der Waals surface area contributed by atoms with Crippen LogP contribution in [0, 0.1) is 5.92 Å². The van der Waals surface area contributed by atoms with Gasteiger partial charge >= 0.3 is 5.97 Å². The van der Waals surface area contributed by atoms with Gasteiger partial charge in [0.05, 0.1) is 10.5 Å². The largest absolute Gasteiger partial charge is 0.478 e. The van der Waals surface area contributed by atoms with Crippen LogP contribution >= 0.6 is 0 Å². The molecule has 1 aliphatic carbocycles. The molecule has 7 heteroatoms. The van der Waals surface area contributed by atoms with Gasteiger partial charge in [0, 0.05) is 12.2 Å². The Morgan fingerprint density at radius 2 is 2.11 bits per heavy atom. The lowest BCUT2D eigenvalue weighted by molar-refractivity contribution is 0.0697. The maximum absolute atomic E-state index is 11.2. The maximum Gasteiger partial charge on any atom is 0.337 e. The number of benzene rings is 1. The van der Waals surface area contributed by atoms with Crippen molar-refractivity contribution in [1.82, 2.24) is 0 Å². The van der Waals surface area contributed by atoms with E-state index in [2.05, 4.69) is 5.32 Å². The standard InChI is InChI=1S/C12H16N2O4S/c13-19(17,18)9-3-4-11(10(7-9)12(15)16)14-6-5-8-1-2-8/h3-4,7-8,14H,1-2,5-6H2,(H,15,16)(H2,13,17,18). The van der Waals surface area contributed by atoms with Crippen molar-refractivity contribution in [3.63, 3.8) is 0 Å². The Morgan fingerprint density at radius 3 is 2.63 bits per heavy atom. The first-order valence-electron chi connectivity index (χ1n) is 6.02. The Morgan fingerprint density at radius 1 is 1.42 bits per heavy atom. The summed E-state index contributed by atoms with van der Waals surface area (Å²) in [6.45, 7) is 0.680. The molecule has 4 N–H and O–H groups in total. The predicted octanol–water partition coefficient (Wildman–Crippen LogP) is 1.24. The number of carboxylic acids is 1. The number of nitrogens with two attached hydrogens (primary N) is 1. The van der Waals surface area contributed by atoms with E-state index in [1.807, 2.05) is 0 Å². The van der Waals surface area contributed by atoms with E-state index in [0.29, 0.717) is 12.2 Å². The third-order valence-corrected chi connectivity index (χ3v) is 4.03. The van der Waals surface area contributed by atoms with Crippen molar-refractivity contribution in [3.8, 4) is 0 Å². The molecule has 0 aliphatic heterocycles.